The van der Waals surface area contributed by atoms with Crippen molar-refractivity contribution in [3.8, 4) is 11.5 Å². The van der Waals surface area contributed by atoms with E-state index in [1.807, 2.05) is 0 Å². The molecule has 2 aromatic rings. The van der Waals surface area contributed by atoms with E-state index < -0.39 is 24.1 Å². The fraction of sp³-hybridized carbons (Fsp3) is 0.333. The monoisotopic (exact) mass is 534 g/mol. The van der Waals surface area contributed by atoms with Gasteiger partial charge in [0, 0.05) is 37.0 Å². The zero-order valence-electron chi connectivity index (χ0n) is 18.8. The number of carboxylic acids is 2. The van der Waals surface area contributed by atoms with E-state index in [0.29, 0.717) is 22.1 Å². The summed E-state index contributed by atoms with van der Waals surface area (Å²) in [7, 11) is 0. The molecule has 0 spiro atoms. The SMILES string of the molecule is Cc1cc(OC(=O)NCCNCC(=O)O)c2ccccc2c1OC(=O)NCCNCC(=O)O.Cl.Cl. The standard InChI is InChI=1S/C21H26N4O8.2ClH/c1-13-10-16(32-20(30)24-8-6-22-11-17(26)27)14-4-2-3-5-15(14)19(13)33-21(31)25-9-7-23-12-18(28)29;;/h2-5,10,22-23H,6-9,11-12H2,1H3,(H,24,30)(H,25,31)(H,26,27)(H,28,29);2*1H. The van der Waals surface area contributed by atoms with Crippen LogP contribution in [0.3, 0.4) is 0 Å². The highest BCUT2D eigenvalue weighted by Crippen LogP contribution is 2.36. The first-order chi connectivity index (χ1) is 15.8. The summed E-state index contributed by atoms with van der Waals surface area (Å²) in [5.41, 5.74) is 0.554. The number of aryl methyl sites for hydroxylation is 1. The van der Waals surface area contributed by atoms with E-state index in [0.717, 1.165) is 0 Å². The molecule has 2 aromatic carbocycles. The molecule has 0 fully saturated rings. The first-order valence-electron chi connectivity index (χ1n) is 10.1. The number of halogens is 2. The van der Waals surface area contributed by atoms with Crippen molar-refractivity contribution in [2.24, 2.45) is 0 Å². The number of fused-ring (bicyclic) bond motifs is 1. The Hall–Kier alpha value is -3.32. The third kappa shape index (κ3) is 11.1. The lowest BCUT2D eigenvalue weighted by Crippen LogP contribution is -2.35. The minimum Gasteiger partial charge on any atom is -0.480 e. The highest BCUT2D eigenvalue weighted by Gasteiger charge is 2.16. The average Bonchev–Trinajstić information content (AvgIpc) is 2.75. The van der Waals surface area contributed by atoms with Gasteiger partial charge in [0.15, 0.2) is 0 Å². The first kappa shape index (κ1) is 31.7. The number of nitrogens with one attached hydrogen (secondary N) is 4. The van der Waals surface area contributed by atoms with Crippen LogP contribution in [0.5, 0.6) is 11.5 Å². The second-order valence-corrected chi connectivity index (χ2v) is 6.84. The molecule has 0 aliphatic carbocycles. The van der Waals surface area contributed by atoms with Crippen LogP contribution in [0.25, 0.3) is 10.8 Å². The van der Waals surface area contributed by atoms with E-state index in [2.05, 4.69) is 21.3 Å². The van der Waals surface area contributed by atoms with Gasteiger partial charge in [0.2, 0.25) is 0 Å². The van der Waals surface area contributed by atoms with Crippen molar-refractivity contribution in [1.82, 2.24) is 21.3 Å². The molecular formula is C21H28Cl2N4O8. The normalized spacial score (nSPS) is 9.86. The molecule has 35 heavy (non-hydrogen) atoms. The average molecular weight is 535 g/mol. The van der Waals surface area contributed by atoms with E-state index in [1.54, 1.807) is 37.3 Å². The largest absolute Gasteiger partial charge is 0.480 e. The molecule has 2 amide bonds. The second kappa shape index (κ2) is 16.3. The second-order valence-electron chi connectivity index (χ2n) is 6.84. The number of carboxylic acid groups (broad SMARTS) is 2. The molecule has 0 heterocycles. The van der Waals surface area contributed by atoms with Crippen molar-refractivity contribution in [2.75, 3.05) is 39.3 Å². The van der Waals surface area contributed by atoms with Crippen LogP contribution < -0.4 is 30.7 Å². The van der Waals surface area contributed by atoms with Crippen LogP contribution in [-0.4, -0.2) is 73.6 Å². The molecule has 0 aliphatic rings. The smallest absolute Gasteiger partial charge is 0.412 e. The molecule has 2 rings (SSSR count). The Morgan fingerprint density at radius 1 is 0.771 bits per heavy atom. The number of rotatable bonds is 12. The van der Waals surface area contributed by atoms with Gasteiger partial charge in [-0.05, 0) is 18.6 Å². The number of hydrogen-bond acceptors (Lipinski definition) is 8. The summed E-state index contributed by atoms with van der Waals surface area (Å²) in [5.74, 6) is -1.42. The maximum Gasteiger partial charge on any atom is 0.412 e. The Labute approximate surface area is 213 Å². The summed E-state index contributed by atoms with van der Waals surface area (Å²) in [4.78, 5) is 45.2. The van der Waals surface area contributed by atoms with Gasteiger partial charge >= 0.3 is 24.1 Å². The molecule has 0 radical (unpaired) electrons. The van der Waals surface area contributed by atoms with E-state index in [1.165, 1.54) is 0 Å². The summed E-state index contributed by atoms with van der Waals surface area (Å²) in [5, 5.41) is 28.6. The Kier molecular flexibility index (Phi) is 14.8. The predicted molar refractivity (Wildman–Crippen MR) is 132 cm³/mol. The van der Waals surface area contributed by atoms with E-state index >= 15 is 0 Å². The Balaban J connectivity index is 0.00000578. The summed E-state index contributed by atoms with van der Waals surface area (Å²) in [6, 6.07) is 8.50. The van der Waals surface area contributed by atoms with Crippen molar-refractivity contribution in [1.29, 1.82) is 0 Å². The number of benzene rings is 2. The van der Waals surface area contributed by atoms with E-state index in [-0.39, 0.29) is 69.8 Å². The molecule has 14 heteroatoms. The number of carbonyl (C=O) groups is 4. The van der Waals surface area contributed by atoms with Crippen LogP contribution in [0.2, 0.25) is 0 Å². The quantitative estimate of drug-likeness (QED) is 0.219. The number of carbonyl (C=O) groups excluding carboxylic acids is 2. The molecule has 0 saturated heterocycles. The van der Waals surface area contributed by atoms with Gasteiger partial charge in [-0.2, -0.15) is 0 Å². The highest BCUT2D eigenvalue weighted by atomic mass is 35.5. The predicted octanol–water partition coefficient (Wildman–Crippen LogP) is 1.52. The van der Waals surface area contributed by atoms with Gasteiger partial charge in [-0.1, -0.05) is 24.3 Å². The number of aliphatic carboxylic acids is 2. The minimum absolute atomic E-state index is 0. The van der Waals surface area contributed by atoms with Crippen molar-refractivity contribution >= 4 is 59.7 Å². The van der Waals surface area contributed by atoms with Crippen molar-refractivity contribution in [2.45, 2.75) is 6.92 Å². The van der Waals surface area contributed by atoms with Gasteiger partial charge in [-0.3, -0.25) is 9.59 Å². The maximum atomic E-state index is 12.2. The summed E-state index contributed by atoms with van der Waals surface area (Å²) in [6.45, 7) is 2.13. The van der Waals surface area contributed by atoms with Gasteiger partial charge in [0.1, 0.15) is 11.5 Å². The van der Waals surface area contributed by atoms with Crippen molar-refractivity contribution in [3.63, 3.8) is 0 Å². The van der Waals surface area contributed by atoms with Crippen LogP contribution in [-0.2, 0) is 9.59 Å². The molecule has 0 saturated carbocycles. The summed E-state index contributed by atoms with van der Waals surface area (Å²) >= 11 is 0. The fourth-order valence-corrected chi connectivity index (χ4v) is 2.83. The molecule has 0 unspecified atom stereocenters. The van der Waals surface area contributed by atoms with Gasteiger partial charge in [0.25, 0.3) is 0 Å². The molecule has 12 nitrogen and oxygen atoms in total. The third-order valence-corrected chi connectivity index (χ3v) is 4.24. The molecule has 6 N–H and O–H groups in total. The maximum absolute atomic E-state index is 12.2. The van der Waals surface area contributed by atoms with Crippen LogP contribution in [0.1, 0.15) is 5.56 Å². The lowest BCUT2D eigenvalue weighted by molar-refractivity contribution is -0.136. The zero-order chi connectivity index (χ0) is 24.2. The van der Waals surface area contributed by atoms with Crippen LogP contribution in [0, 0.1) is 6.92 Å². The molecule has 0 aromatic heterocycles. The summed E-state index contributed by atoms with van der Waals surface area (Å²) < 4.78 is 10.9. The van der Waals surface area contributed by atoms with Crippen LogP contribution >= 0.6 is 24.8 Å². The first-order valence-corrected chi connectivity index (χ1v) is 10.1. The van der Waals surface area contributed by atoms with E-state index in [4.69, 9.17) is 19.7 Å². The Bertz CT molecular complexity index is 1020. The Morgan fingerprint density at radius 3 is 1.77 bits per heavy atom. The number of ether oxygens (including phenoxy) is 2. The molecule has 0 aliphatic heterocycles. The number of hydrogen-bond donors (Lipinski definition) is 6. The van der Waals surface area contributed by atoms with Gasteiger partial charge in [-0.25, -0.2) is 9.59 Å². The molecule has 0 bridgehead atoms. The number of amides is 2. The Morgan fingerprint density at radius 2 is 1.26 bits per heavy atom. The zero-order valence-corrected chi connectivity index (χ0v) is 20.4. The lowest BCUT2D eigenvalue weighted by Gasteiger charge is -2.15. The summed E-state index contributed by atoms with van der Waals surface area (Å²) in [6.07, 6.45) is -1.42. The van der Waals surface area contributed by atoms with Crippen molar-refractivity contribution < 1.29 is 38.9 Å². The van der Waals surface area contributed by atoms with E-state index in [9.17, 15) is 19.2 Å². The van der Waals surface area contributed by atoms with Crippen LogP contribution in [0.4, 0.5) is 9.59 Å². The van der Waals surface area contributed by atoms with Gasteiger partial charge in [-0.15, -0.1) is 24.8 Å². The third-order valence-electron chi connectivity index (χ3n) is 4.24. The van der Waals surface area contributed by atoms with Crippen LogP contribution in [0.15, 0.2) is 30.3 Å². The van der Waals surface area contributed by atoms with Crippen molar-refractivity contribution in [3.05, 3.63) is 35.9 Å². The molecule has 194 valence electrons. The fourth-order valence-electron chi connectivity index (χ4n) is 2.83. The molecular weight excluding hydrogens is 507 g/mol. The van der Waals surface area contributed by atoms with Gasteiger partial charge in [0.05, 0.1) is 13.1 Å². The topological polar surface area (TPSA) is 175 Å². The highest BCUT2D eigenvalue weighted by molar-refractivity contribution is 5.97. The minimum atomic E-state index is -0.995. The van der Waals surface area contributed by atoms with Gasteiger partial charge < -0.3 is 41.0 Å². The molecule has 0 atom stereocenters. The lowest BCUT2D eigenvalue weighted by atomic mass is 10.0.